The topological polar surface area (TPSA) is 66.5 Å². The third-order valence-corrected chi connectivity index (χ3v) is 6.27. The maximum absolute atomic E-state index is 12.4. The predicted octanol–water partition coefficient (Wildman–Crippen LogP) is 4.19. The molecule has 1 aliphatic carbocycles. The molecule has 0 bridgehead atoms. The third-order valence-electron chi connectivity index (χ3n) is 5.13. The number of carbonyl (C=O) groups excluding carboxylic acids is 1. The van der Waals surface area contributed by atoms with Gasteiger partial charge < -0.3 is 5.32 Å². The summed E-state index contributed by atoms with van der Waals surface area (Å²) in [5, 5.41) is 2.97. The van der Waals surface area contributed by atoms with E-state index in [1.165, 1.54) is 29.0 Å². The molecule has 0 aromatic heterocycles. The average molecular weight is 413 g/mol. The van der Waals surface area contributed by atoms with Crippen molar-refractivity contribution in [3.63, 3.8) is 0 Å². The summed E-state index contributed by atoms with van der Waals surface area (Å²) >= 11 is 0. The van der Waals surface area contributed by atoms with Crippen LogP contribution in [0.4, 0.5) is 5.69 Å². The molecule has 0 heterocycles. The minimum absolute atomic E-state index is 0.110. The van der Waals surface area contributed by atoms with Crippen LogP contribution in [-0.4, -0.2) is 27.1 Å². The van der Waals surface area contributed by atoms with Crippen molar-refractivity contribution in [2.45, 2.75) is 39.2 Å². The van der Waals surface area contributed by atoms with Crippen molar-refractivity contribution in [1.82, 2.24) is 5.32 Å². The first kappa shape index (κ1) is 21.1. The number of carbonyl (C=O) groups is 1. The van der Waals surface area contributed by atoms with Gasteiger partial charge in [0.1, 0.15) is 0 Å². The van der Waals surface area contributed by atoms with Crippen LogP contribution in [0.3, 0.4) is 0 Å². The Labute approximate surface area is 173 Å². The summed E-state index contributed by atoms with van der Waals surface area (Å²) in [6, 6.07) is 14.5. The molecule has 154 valence electrons. The maximum atomic E-state index is 12.4. The van der Waals surface area contributed by atoms with E-state index in [0.29, 0.717) is 17.8 Å². The molecular formula is C23H28N2O3S. The zero-order chi connectivity index (χ0) is 20.9. The van der Waals surface area contributed by atoms with Crippen LogP contribution in [0, 0.1) is 6.92 Å². The van der Waals surface area contributed by atoms with Crippen LogP contribution in [0.2, 0.25) is 0 Å². The second-order valence-corrected chi connectivity index (χ2v) is 9.50. The minimum Gasteiger partial charge on any atom is -0.348 e. The lowest BCUT2D eigenvalue weighted by Crippen LogP contribution is -2.29. The van der Waals surface area contributed by atoms with Gasteiger partial charge in [0.15, 0.2) is 0 Å². The van der Waals surface area contributed by atoms with E-state index < -0.39 is 10.0 Å². The van der Waals surface area contributed by atoms with Gasteiger partial charge >= 0.3 is 0 Å². The second-order valence-electron chi connectivity index (χ2n) is 7.59. The van der Waals surface area contributed by atoms with Gasteiger partial charge in [-0.15, -0.1) is 0 Å². The molecule has 29 heavy (non-hydrogen) atoms. The SMILES string of the molecule is Cc1ccc(N(Cc2ccc(C(=O)NCC3=CCCCC3)cc2)S(C)(=O)=O)cc1. The van der Waals surface area contributed by atoms with Crippen molar-refractivity contribution in [3.8, 4) is 0 Å². The number of sulfonamides is 1. The molecular weight excluding hydrogens is 384 g/mol. The number of anilines is 1. The van der Waals surface area contributed by atoms with Crippen molar-refractivity contribution >= 4 is 21.6 Å². The Morgan fingerprint density at radius 2 is 1.72 bits per heavy atom. The van der Waals surface area contributed by atoms with Crippen molar-refractivity contribution in [1.29, 1.82) is 0 Å². The Morgan fingerprint density at radius 1 is 1.03 bits per heavy atom. The van der Waals surface area contributed by atoms with Gasteiger partial charge in [0.05, 0.1) is 18.5 Å². The molecule has 0 saturated carbocycles. The van der Waals surface area contributed by atoms with Crippen molar-refractivity contribution in [2.24, 2.45) is 0 Å². The van der Waals surface area contributed by atoms with Crippen LogP contribution in [0.25, 0.3) is 0 Å². The van der Waals surface area contributed by atoms with E-state index in [1.807, 2.05) is 19.1 Å². The van der Waals surface area contributed by atoms with E-state index in [4.69, 9.17) is 0 Å². The van der Waals surface area contributed by atoms with Gasteiger partial charge in [0.2, 0.25) is 10.0 Å². The van der Waals surface area contributed by atoms with E-state index >= 15 is 0 Å². The van der Waals surface area contributed by atoms with E-state index in [1.54, 1.807) is 36.4 Å². The quantitative estimate of drug-likeness (QED) is 0.694. The highest BCUT2D eigenvalue weighted by atomic mass is 32.2. The first-order valence-corrected chi connectivity index (χ1v) is 11.8. The third kappa shape index (κ3) is 5.94. The number of hydrogen-bond donors (Lipinski definition) is 1. The molecule has 0 atom stereocenters. The molecule has 1 amide bonds. The molecule has 1 aliphatic rings. The zero-order valence-corrected chi connectivity index (χ0v) is 17.8. The molecule has 0 fully saturated rings. The molecule has 0 spiro atoms. The van der Waals surface area contributed by atoms with Crippen LogP contribution < -0.4 is 9.62 Å². The Bertz CT molecular complexity index is 978. The molecule has 6 heteroatoms. The fourth-order valence-electron chi connectivity index (χ4n) is 3.40. The summed E-state index contributed by atoms with van der Waals surface area (Å²) in [7, 11) is -3.43. The number of amides is 1. The number of benzene rings is 2. The van der Waals surface area contributed by atoms with Gasteiger partial charge in [-0.2, -0.15) is 0 Å². The number of allylic oxidation sites excluding steroid dienone is 1. The van der Waals surface area contributed by atoms with Gasteiger partial charge in [-0.25, -0.2) is 8.42 Å². The largest absolute Gasteiger partial charge is 0.348 e. The number of hydrogen-bond acceptors (Lipinski definition) is 3. The van der Waals surface area contributed by atoms with Crippen LogP contribution in [-0.2, 0) is 16.6 Å². The van der Waals surface area contributed by atoms with Gasteiger partial charge in [-0.3, -0.25) is 9.10 Å². The number of aryl methyl sites for hydroxylation is 1. The Balaban J connectivity index is 1.67. The molecule has 1 N–H and O–H groups in total. The monoisotopic (exact) mass is 412 g/mol. The normalized spacial score (nSPS) is 14.2. The smallest absolute Gasteiger partial charge is 0.251 e. The number of nitrogens with one attached hydrogen (secondary N) is 1. The summed E-state index contributed by atoms with van der Waals surface area (Å²) in [5.41, 5.74) is 4.39. The number of nitrogens with zero attached hydrogens (tertiary/aromatic N) is 1. The highest BCUT2D eigenvalue weighted by molar-refractivity contribution is 7.92. The van der Waals surface area contributed by atoms with Crippen molar-refractivity contribution in [2.75, 3.05) is 17.1 Å². The van der Waals surface area contributed by atoms with E-state index in [-0.39, 0.29) is 12.5 Å². The van der Waals surface area contributed by atoms with Crippen LogP contribution >= 0.6 is 0 Å². The van der Waals surface area contributed by atoms with Crippen LogP contribution in [0.1, 0.15) is 47.2 Å². The lowest BCUT2D eigenvalue weighted by Gasteiger charge is -2.23. The molecule has 0 aliphatic heterocycles. The lowest BCUT2D eigenvalue weighted by molar-refractivity contribution is 0.0956. The van der Waals surface area contributed by atoms with Gasteiger partial charge in [-0.1, -0.05) is 41.5 Å². The molecule has 2 aromatic carbocycles. The van der Waals surface area contributed by atoms with E-state index in [9.17, 15) is 13.2 Å². The standard InChI is InChI=1S/C23H28N2O3S/c1-18-8-14-22(15-9-18)25(29(2,27)28)17-20-10-12-21(13-11-20)23(26)24-16-19-6-4-3-5-7-19/h6,8-15H,3-5,7,16-17H2,1-2H3,(H,24,26). The maximum Gasteiger partial charge on any atom is 0.251 e. The summed E-state index contributed by atoms with van der Waals surface area (Å²) in [4.78, 5) is 12.4. The highest BCUT2D eigenvalue weighted by Crippen LogP contribution is 2.21. The van der Waals surface area contributed by atoms with Gasteiger partial charge in [0.25, 0.3) is 5.91 Å². The Kier molecular flexibility index (Phi) is 6.75. The molecule has 3 rings (SSSR count). The lowest BCUT2D eigenvalue weighted by atomic mass is 9.99. The van der Waals surface area contributed by atoms with Gasteiger partial charge in [0, 0.05) is 12.1 Å². The Morgan fingerprint density at radius 3 is 2.31 bits per heavy atom. The molecule has 0 radical (unpaired) electrons. The van der Waals surface area contributed by atoms with E-state index in [2.05, 4.69) is 11.4 Å². The van der Waals surface area contributed by atoms with E-state index in [0.717, 1.165) is 24.0 Å². The second kappa shape index (κ2) is 9.27. The summed E-state index contributed by atoms with van der Waals surface area (Å²) in [6.45, 7) is 2.77. The zero-order valence-electron chi connectivity index (χ0n) is 17.0. The average Bonchev–Trinajstić information content (AvgIpc) is 2.71. The fraction of sp³-hybridized carbons (Fsp3) is 0.348. The number of rotatable bonds is 7. The van der Waals surface area contributed by atoms with Gasteiger partial charge in [-0.05, 0) is 62.4 Å². The van der Waals surface area contributed by atoms with Crippen LogP contribution in [0.5, 0.6) is 0 Å². The molecule has 2 aromatic rings. The van der Waals surface area contributed by atoms with Crippen molar-refractivity contribution < 1.29 is 13.2 Å². The Hall–Kier alpha value is -2.60. The first-order chi connectivity index (χ1) is 13.8. The fourth-order valence-corrected chi connectivity index (χ4v) is 4.29. The molecule has 0 unspecified atom stereocenters. The first-order valence-electron chi connectivity index (χ1n) is 9.92. The predicted molar refractivity (Wildman–Crippen MR) is 118 cm³/mol. The summed E-state index contributed by atoms with van der Waals surface area (Å²) in [5.74, 6) is -0.110. The van der Waals surface area contributed by atoms with Crippen LogP contribution in [0.15, 0.2) is 60.2 Å². The molecule has 5 nitrogen and oxygen atoms in total. The summed E-state index contributed by atoms with van der Waals surface area (Å²) < 4.78 is 25.9. The minimum atomic E-state index is -3.43. The molecule has 0 saturated heterocycles. The highest BCUT2D eigenvalue weighted by Gasteiger charge is 2.18. The summed E-state index contributed by atoms with van der Waals surface area (Å²) in [6.07, 6.45) is 7.99. The van der Waals surface area contributed by atoms with Crippen molar-refractivity contribution in [3.05, 3.63) is 76.9 Å².